The molecule has 1 aromatic heterocycles. The Balaban J connectivity index is 1.68. The van der Waals surface area contributed by atoms with Crippen molar-refractivity contribution in [1.29, 1.82) is 0 Å². The highest BCUT2D eigenvalue weighted by Gasteiger charge is 2.62. The molecular weight excluding hydrogens is 361 g/mol. The average molecular weight is 387 g/mol. The number of amides is 1. The lowest BCUT2D eigenvalue weighted by Crippen LogP contribution is -2.75. The summed E-state index contributed by atoms with van der Waals surface area (Å²) < 4.78 is 24.7. The van der Waals surface area contributed by atoms with Gasteiger partial charge < -0.3 is 20.5 Å². The molecule has 3 rings (SSSR count). The Morgan fingerprint density at radius 2 is 2.14 bits per heavy atom. The van der Waals surface area contributed by atoms with Crippen molar-refractivity contribution >= 4 is 5.91 Å². The predicted molar refractivity (Wildman–Crippen MR) is 103 cm³/mol. The van der Waals surface area contributed by atoms with E-state index in [2.05, 4.69) is 10.3 Å². The summed E-state index contributed by atoms with van der Waals surface area (Å²) in [5.41, 5.74) is 5.60. The molecule has 3 N–H and O–H groups in total. The number of nitrogens with one attached hydrogen (secondary N) is 1. The molecule has 1 aliphatic carbocycles. The summed E-state index contributed by atoms with van der Waals surface area (Å²) in [5, 5.41) is 2.88. The van der Waals surface area contributed by atoms with E-state index in [1.54, 1.807) is 30.5 Å². The van der Waals surface area contributed by atoms with Gasteiger partial charge in [-0.1, -0.05) is 26.0 Å². The monoisotopic (exact) mass is 387 g/mol. The van der Waals surface area contributed by atoms with Crippen LogP contribution in [-0.4, -0.2) is 29.1 Å². The Hall–Kier alpha value is -2.51. The van der Waals surface area contributed by atoms with Gasteiger partial charge in [-0.25, -0.2) is 9.37 Å². The predicted octanol–water partition coefficient (Wildman–Crippen LogP) is 3.16. The van der Waals surface area contributed by atoms with Crippen molar-refractivity contribution in [2.75, 3.05) is 6.61 Å². The zero-order valence-corrected chi connectivity index (χ0v) is 16.4. The Bertz CT molecular complexity index is 858. The number of hydrogen-bond donors (Lipinski definition) is 2. The molecule has 2 aromatic rings. The van der Waals surface area contributed by atoms with Crippen molar-refractivity contribution in [3.8, 4) is 11.6 Å². The highest BCUT2D eigenvalue weighted by molar-refractivity contribution is 5.88. The topological polar surface area (TPSA) is 86.5 Å². The molecule has 0 saturated heterocycles. The lowest BCUT2D eigenvalue weighted by molar-refractivity contribution is -0.170. The lowest BCUT2D eigenvalue weighted by atomic mass is 9.54. The van der Waals surface area contributed by atoms with E-state index in [0.29, 0.717) is 30.2 Å². The number of ether oxygens (including phenoxy) is 2. The van der Waals surface area contributed by atoms with Crippen molar-refractivity contribution < 1.29 is 18.7 Å². The first kappa shape index (κ1) is 20.2. The van der Waals surface area contributed by atoms with Gasteiger partial charge >= 0.3 is 0 Å². The number of nitrogens with zero attached hydrogens (tertiary/aromatic N) is 1. The standard InChI is InChI=1S/C21H26FN3O3/c1-4-27-17-12-21(23,20(17,2)3)19(26)25-13-14-7-6-10-24-18(14)28-16-9-5-8-15(22)11-16/h5-11,17H,4,12-13,23H2,1-3H3,(H,25,26). The van der Waals surface area contributed by atoms with E-state index in [9.17, 15) is 9.18 Å². The van der Waals surface area contributed by atoms with Crippen molar-refractivity contribution in [2.24, 2.45) is 11.1 Å². The molecule has 1 aliphatic rings. The van der Waals surface area contributed by atoms with Crippen LogP contribution < -0.4 is 15.8 Å². The quantitative estimate of drug-likeness (QED) is 0.762. The normalized spacial score (nSPS) is 23.0. The van der Waals surface area contributed by atoms with Crippen LogP contribution in [0.4, 0.5) is 4.39 Å². The summed E-state index contributed by atoms with van der Waals surface area (Å²) in [4.78, 5) is 17.0. The summed E-state index contributed by atoms with van der Waals surface area (Å²) in [5.74, 6) is -0.000718. The highest BCUT2D eigenvalue weighted by atomic mass is 19.1. The minimum absolute atomic E-state index is 0.0430. The third-order valence-electron chi connectivity index (χ3n) is 5.54. The fourth-order valence-corrected chi connectivity index (χ4v) is 3.45. The molecular formula is C21H26FN3O3. The van der Waals surface area contributed by atoms with Crippen LogP contribution in [0.1, 0.15) is 32.8 Å². The van der Waals surface area contributed by atoms with Gasteiger partial charge in [0.1, 0.15) is 17.1 Å². The van der Waals surface area contributed by atoms with Crippen LogP contribution in [0, 0.1) is 11.2 Å². The zero-order chi connectivity index (χ0) is 20.4. The second-order valence-electron chi connectivity index (χ2n) is 7.55. The Labute approximate surface area is 164 Å². The van der Waals surface area contributed by atoms with E-state index < -0.39 is 16.8 Å². The number of nitrogens with two attached hydrogens (primary N) is 1. The van der Waals surface area contributed by atoms with E-state index in [1.807, 2.05) is 20.8 Å². The summed E-state index contributed by atoms with van der Waals surface area (Å²) in [6.45, 7) is 6.60. The molecule has 1 saturated carbocycles. The van der Waals surface area contributed by atoms with Crippen molar-refractivity contribution in [1.82, 2.24) is 10.3 Å². The first-order valence-corrected chi connectivity index (χ1v) is 9.34. The first-order chi connectivity index (χ1) is 13.3. The lowest BCUT2D eigenvalue weighted by Gasteiger charge is -2.57. The summed E-state index contributed by atoms with van der Waals surface area (Å²) in [7, 11) is 0. The Kier molecular flexibility index (Phi) is 5.67. The molecule has 1 heterocycles. The SMILES string of the molecule is CCOC1CC(N)(C(=O)NCc2cccnc2Oc2cccc(F)c2)C1(C)C. The number of carbonyl (C=O) groups excluding carboxylic acids is 1. The van der Waals surface area contributed by atoms with Gasteiger partial charge in [0.25, 0.3) is 0 Å². The van der Waals surface area contributed by atoms with Gasteiger partial charge in [-0.05, 0) is 25.1 Å². The van der Waals surface area contributed by atoms with Crippen LogP contribution in [0.5, 0.6) is 11.6 Å². The molecule has 6 nitrogen and oxygen atoms in total. The highest BCUT2D eigenvalue weighted by Crippen LogP contribution is 2.49. The third kappa shape index (κ3) is 3.72. The Morgan fingerprint density at radius 3 is 2.82 bits per heavy atom. The smallest absolute Gasteiger partial charge is 0.241 e. The molecule has 0 spiro atoms. The molecule has 0 radical (unpaired) electrons. The van der Waals surface area contributed by atoms with Crippen LogP contribution in [-0.2, 0) is 16.1 Å². The molecule has 150 valence electrons. The Morgan fingerprint density at radius 1 is 1.36 bits per heavy atom. The molecule has 1 amide bonds. The average Bonchev–Trinajstić information content (AvgIpc) is 2.66. The number of rotatable bonds is 7. The van der Waals surface area contributed by atoms with Crippen molar-refractivity contribution in [3.63, 3.8) is 0 Å². The van der Waals surface area contributed by atoms with Crippen LogP contribution in [0.3, 0.4) is 0 Å². The number of hydrogen-bond acceptors (Lipinski definition) is 5. The zero-order valence-electron chi connectivity index (χ0n) is 16.4. The summed E-state index contributed by atoms with van der Waals surface area (Å²) in [6, 6.07) is 9.34. The minimum atomic E-state index is -1.00. The van der Waals surface area contributed by atoms with Crippen LogP contribution in [0.15, 0.2) is 42.6 Å². The van der Waals surface area contributed by atoms with Crippen LogP contribution >= 0.6 is 0 Å². The van der Waals surface area contributed by atoms with E-state index >= 15 is 0 Å². The molecule has 2 atom stereocenters. The maximum absolute atomic E-state index is 13.4. The molecule has 0 aliphatic heterocycles. The fourth-order valence-electron chi connectivity index (χ4n) is 3.45. The number of halogens is 1. The van der Waals surface area contributed by atoms with Gasteiger partial charge in [-0.15, -0.1) is 0 Å². The van der Waals surface area contributed by atoms with E-state index in [-0.39, 0.29) is 18.6 Å². The minimum Gasteiger partial charge on any atom is -0.439 e. The molecule has 7 heteroatoms. The van der Waals surface area contributed by atoms with Gasteiger partial charge in [-0.3, -0.25) is 4.79 Å². The summed E-state index contributed by atoms with van der Waals surface area (Å²) >= 11 is 0. The van der Waals surface area contributed by atoms with E-state index in [0.717, 1.165) is 0 Å². The third-order valence-corrected chi connectivity index (χ3v) is 5.54. The van der Waals surface area contributed by atoms with E-state index in [1.165, 1.54) is 12.1 Å². The van der Waals surface area contributed by atoms with Crippen molar-refractivity contribution in [2.45, 2.75) is 45.4 Å². The van der Waals surface area contributed by atoms with E-state index in [4.69, 9.17) is 15.2 Å². The first-order valence-electron chi connectivity index (χ1n) is 9.34. The molecule has 2 unspecified atom stereocenters. The second-order valence-corrected chi connectivity index (χ2v) is 7.55. The molecule has 1 fully saturated rings. The maximum Gasteiger partial charge on any atom is 0.241 e. The second kappa shape index (κ2) is 7.85. The van der Waals surface area contributed by atoms with Crippen molar-refractivity contribution in [3.05, 3.63) is 54.0 Å². The molecule has 0 bridgehead atoms. The molecule has 28 heavy (non-hydrogen) atoms. The maximum atomic E-state index is 13.4. The number of carbonyl (C=O) groups is 1. The van der Waals surface area contributed by atoms with Gasteiger partial charge in [0.05, 0.1) is 6.10 Å². The van der Waals surface area contributed by atoms with Gasteiger partial charge in [0.15, 0.2) is 0 Å². The summed E-state index contributed by atoms with van der Waals surface area (Å²) in [6.07, 6.45) is 2.00. The van der Waals surface area contributed by atoms with Gasteiger partial charge in [-0.2, -0.15) is 0 Å². The number of pyridine rings is 1. The van der Waals surface area contributed by atoms with Gasteiger partial charge in [0.2, 0.25) is 11.8 Å². The number of benzene rings is 1. The fraction of sp³-hybridized carbons (Fsp3) is 0.429. The van der Waals surface area contributed by atoms with Gasteiger partial charge in [0, 0.05) is 42.8 Å². The van der Waals surface area contributed by atoms with Crippen LogP contribution in [0.25, 0.3) is 0 Å². The van der Waals surface area contributed by atoms with Crippen LogP contribution in [0.2, 0.25) is 0 Å². The molecule has 1 aromatic carbocycles. The largest absolute Gasteiger partial charge is 0.439 e. The number of aromatic nitrogens is 1.